The van der Waals surface area contributed by atoms with Gasteiger partial charge in [-0.05, 0) is 42.8 Å². The zero-order chi connectivity index (χ0) is 22.3. The summed E-state index contributed by atoms with van der Waals surface area (Å²) in [4.78, 5) is 15.3. The summed E-state index contributed by atoms with van der Waals surface area (Å²) >= 11 is 5.92. The first-order valence-corrected chi connectivity index (χ1v) is 11.0. The van der Waals surface area contributed by atoms with Crippen molar-refractivity contribution in [3.05, 3.63) is 81.2 Å². The lowest BCUT2D eigenvalue weighted by Crippen LogP contribution is -2.23. The molecular weight excluding hydrogens is 442 g/mol. The molecule has 0 aliphatic rings. The van der Waals surface area contributed by atoms with Crippen LogP contribution in [0.25, 0.3) is 16.7 Å². The van der Waals surface area contributed by atoms with Crippen LogP contribution in [-0.4, -0.2) is 28.2 Å². The molecule has 4 rings (SSSR count). The summed E-state index contributed by atoms with van der Waals surface area (Å²) in [6, 6.07) is 13.8. The molecule has 0 atom stereocenters. The van der Waals surface area contributed by atoms with E-state index in [1.807, 2.05) is 6.92 Å². The zero-order valence-electron chi connectivity index (χ0n) is 16.3. The van der Waals surface area contributed by atoms with Gasteiger partial charge in [-0.1, -0.05) is 35.4 Å². The number of hydrogen-bond acceptors (Lipinski definition) is 5. The highest BCUT2D eigenvalue weighted by Gasteiger charge is 2.17. The number of aromatic amines is 1. The Labute approximate surface area is 182 Å². The Morgan fingerprint density at radius 3 is 2.45 bits per heavy atom. The summed E-state index contributed by atoms with van der Waals surface area (Å²) in [7, 11) is -3.69. The van der Waals surface area contributed by atoms with Crippen molar-refractivity contribution in [2.24, 2.45) is 0 Å². The standard InChI is InChI=1S/C21H18ClN3O5S/c1-12-2-5-14(6-3-12)31(29,30)23-11-13-4-7-17-16(8-13)24-21(28)25(17)18-9-15(22)19(26)10-20(18)27/h2-10,23,26-27H,11H2,1H3,(H,24,28). The summed E-state index contributed by atoms with van der Waals surface area (Å²) in [5, 5.41) is 19.8. The fourth-order valence-electron chi connectivity index (χ4n) is 3.21. The van der Waals surface area contributed by atoms with Crippen molar-refractivity contribution in [2.45, 2.75) is 18.4 Å². The van der Waals surface area contributed by atoms with Gasteiger partial charge in [0, 0.05) is 12.6 Å². The third-order valence-electron chi connectivity index (χ3n) is 4.83. The fourth-order valence-corrected chi connectivity index (χ4v) is 4.38. The first-order valence-electron chi connectivity index (χ1n) is 9.17. The van der Waals surface area contributed by atoms with E-state index in [1.165, 1.54) is 22.8 Å². The van der Waals surface area contributed by atoms with Gasteiger partial charge in [-0.15, -0.1) is 0 Å². The van der Waals surface area contributed by atoms with E-state index in [-0.39, 0.29) is 33.6 Å². The first-order chi connectivity index (χ1) is 14.7. The predicted molar refractivity (Wildman–Crippen MR) is 117 cm³/mol. The van der Waals surface area contributed by atoms with E-state index in [1.54, 1.807) is 30.3 Å². The highest BCUT2D eigenvalue weighted by Crippen LogP contribution is 2.34. The fraction of sp³-hybridized carbons (Fsp3) is 0.0952. The van der Waals surface area contributed by atoms with Gasteiger partial charge in [0.2, 0.25) is 10.0 Å². The van der Waals surface area contributed by atoms with Gasteiger partial charge in [0.25, 0.3) is 0 Å². The molecule has 0 spiro atoms. The minimum Gasteiger partial charge on any atom is -0.506 e. The Hall–Kier alpha value is -3.27. The number of H-pyrrole nitrogens is 1. The average Bonchev–Trinajstić information content (AvgIpc) is 3.04. The Bertz CT molecular complexity index is 1460. The van der Waals surface area contributed by atoms with E-state index in [0.29, 0.717) is 16.6 Å². The maximum Gasteiger partial charge on any atom is 0.331 e. The molecule has 3 aromatic carbocycles. The largest absolute Gasteiger partial charge is 0.506 e. The molecule has 8 nitrogen and oxygen atoms in total. The summed E-state index contributed by atoms with van der Waals surface area (Å²) < 4.78 is 28.7. The highest BCUT2D eigenvalue weighted by atomic mass is 35.5. The number of halogens is 1. The average molecular weight is 460 g/mol. The van der Waals surface area contributed by atoms with E-state index in [4.69, 9.17) is 11.6 Å². The Morgan fingerprint density at radius 2 is 1.74 bits per heavy atom. The van der Waals surface area contributed by atoms with Crippen LogP contribution in [0.5, 0.6) is 11.5 Å². The molecule has 160 valence electrons. The van der Waals surface area contributed by atoms with Crippen LogP contribution in [0.3, 0.4) is 0 Å². The van der Waals surface area contributed by atoms with E-state index in [2.05, 4.69) is 9.71 Å². The van der Waals surface area contributed by atoms with Gasteiger partial charge in [-0.2, -0.15) is 0 Å². The van der Waals surface area contributed by atoms with Crippen LogP contribution in [-0.2, 0) is 16.6 Å². The number of nitrogens with zero attached hydrogens (tertiary/aromatic N) is 1. The second-order valence-electron chi connectivity index (χ2n) is 7.05. The van der Waals surface area contributed by atoms with Crippen LogP contribution in [0.4, 0.5) is 0 Å². The highest BCUT2D eigenvalue weighted by molar-refractivity contribution is 7.89. The molecule has 0 radical (unpaired) electrons. The molecule has 0 amide bonds. The summed E-state index contributed by atoms with van der Waals surface area (Å²) in [5.74, 6) is -0.626. The normalized spacial score (nSPS) is 11.8. The van der Waals surface area contributed by atoms with Gasteiger partial charge in [0.1, 0.15) is 11.5 Å². The van der Waals surface area contributed by atoms with E-state index in [9.17, 15) is 23.4 Å². The van der Waals surface area contributed by atoms with Crippen LogP contribution in [0.1, 0.15) is 11.1 Å². The van der Waals surface area contributed by atoms with Crippen molar-refractivity contribution in [1.82, 2.24) is 14.3 Å². The molecule has 0 fully saturated rings. The lowest BCUT2D eigenvalue weighted by molar-refractivity contribution is 0.449. The second-order valence-corrected chi connectivity index (χ2v) is 9.22. The number of aromatic nitrogens is 2. The molecule has 10 heteroatoms. The third kappa shape index (κ3) is 4.02. The number of nitrogens with one attached hydrogen (secondary N) is 2. The molecule has 31 heavy (non-hydrogen) atoms. The lowest BCUT2D eigenvalue weighted by atomic mass is 10.2. The smallest absolute Gasteiger partial charge is 0.331 e. The topological polar surface area (TPSA) is 124 Å². The number of imidazole rings is 1. The van der Waals surface area contributed by atoms with Crippen LogP contribution < -0.4 is 10.4 Å². The number of fused-ring (bicyclic) bond motifs is 1. The molecule has 0 aliphatic heterocycles. The molecule has 0 saturated carbocycles. The van der Waals surface area contributed by atoms with Gasteiger partial charge in [-0.25, -0.2) is 17.9 Å². The molecule has 1 heterocycles. The SMILES string of the molecule is Cc1ccc(S(=O)(=O)NCc2ccc3c(c2)[nH]c(=O)n3-c2cc(Cl)c(O)cc2O)cc1. The second kappa shape index (κ2) is 7.77. The predicted octanol–water partition coefficient (Wildman–Crippen LogP) is 3.17. The van der Waals surface area contributed by atoms with Gasteiger partial charge in [-0.3, -0.25) is 4.57 Å². The number of benzene rings is 3. The van der Waals surface area contributed by atoms with Crippen molar-refractivity contribution in [3.8, 4) is 17.2 Å². The molecule has 4 aromatic rings. The minimum absolute atomic E-state index is 0.0174. The Kier molecular flexibility index (Phi) is 5.26. The van der Waals surface area contributed by atoms with Gasteiger partial charge >= 0.3 is 5.69 Å². The molecule has 0 saturated heterocycles. The maximum atomic E-state index is 12.5. The van der Waals surface area contributed by atoms with Crippen molar-refractivity contribution in [3.63, 3.8) is 0 Å². The van der Waals surface area contributed by atoms with E-state index in [0.717, 1.165) is 11.6 Å². The van der Waals surface area contributed by atoms with Crippen molar-refractivity contribution in [2.75, 3.05) is 0 Å². The lowest BCUT2D eigenvalue weighted by Gasteiger charge is -2.09. The molecule has 0 unspecified atom stereocenters. The monoisotopic (exact) mass is 459 g/mol. The zero-order valence-corrected chi connectivity index (χ0v) is 17.8. The van der Waals surface area contributed by atoms with Crippen LogP contribution in [0.15, 0.2) is 64.3 Å². The van der Waals surface area contributed by atoms with Gasteiger partial charge in [0.15, 0.2) is 0 Å². The van der Waals surface area contributed by atoms with E-state index >= 15 is 0 Å². The number of hydrogen-bond donors (Lipinski definition) is 4. The van der Waals surface area contributed by atoms with Gasteiger partial charge in [0.05, 0.1) is 26.6 Å². The van der Waals surface area contributed by atoms with Crippen LogP contribution >= 0.6 is 11.6 Å². The van der Waals surface area contributed by atoms with Crippen LogP contribution in [0.2, 0.25) is 5.02 Å². The van der Waals surface area contributed by atoms with Crippen molar-refractivity contribution in [1.29, 1.82) is 0 Å². The number of aryl methyl sites for hydroxylation is 1. The summed E-state index contributed by atoms with van der Waals surface area (Å²) in [6.45, 7) is 1.90. The summed E-state index contributed by atoms with van der Waals surface area (Å²) in [5.41, 5.74) is 2.06. The molecule has 0 aliphatic carbocycles. The number of aromatic hydroxyl groups is 2. The Morgan fingerprint density at radius 1 is 1.03 bits per heavy atom. The number of sulfonamides is 1. The summed E-state index contributed by atoms with van der Waals surface area (Å²) in [6.07, 6.45) is 0. The van der Waals surface area contributed by atoms with E-state index < -0.39 is 15.7 Å². The number of phenols is 2. The quantitative estimate of drug-likeness (QED) is 0.365. The molecular formula is C21H18ClN3O5S. The van der Waals surface area contributed by atoms with Crippen molar-refractivity contribution < 1.29 is 18.6 Å². The molecule has 4 N–H and O–H groups in total. The third-order valence-corrected chi connectivity index (χ3v) is 6.55. The van der Waals surface area contributed by atoms with Gasteiger partial charge < -0.3 is 15.2 Å². The number of rotatable bonds is 5. The molecule has 1 aromatic heterocycles. The molecule has 0 bridgehead atoms. The minimum atomic E-state index is -3.69. The Balaban J connectivity index is 1.65. The van der Waals surface area contributed by atoms with Crippen LogP contribution in [0, 0.1) is 6.92 Å². The maximum absolute atomic E-state index is 12.5. The van der Waals surface area contributed by atoms with Crippen molar-refractivity contribution >= 4 is 32.7 Å². The number of phenolic OH excluding ortho intramolecular Hbond substituents is 2. The first kappa shape index (κ1) is 21.0.